The fourth-order valence-electron chi connectivity index (χ4n) is 1.86. The molecule has 1 aliphatic rings. The van der Waals surface area contributed by atoms with Gasteiger partial charge in [0.05, 0.1) is 11.6 Å². The van der Waals surface area contributed by atoms with Gasteiger partial charge in [0.1, 0.15) is 0 Å². The van der Waals surface area contributed by atoms with Gasteiger partial charge in [0.15, 0.2) is 5.90 Å². The molecule has 86 valence electrons. The highest BCUT2D eigenvalue weighted by molar-refractivity contribution is 5.77. The van der Waals surface area contributed by atoms with Crippen LogP contribution < -0.4 is 0 Å². The fourth-order valence-corrected chi connectivity index (χ4v) is 1.86. The third-order valence-corrected chi connectivity index (χ3v) is 2.28. The van der Waals surface area contributed by atoms with Crippen LogP contribution in [0.25, 0.3) is 0 Å². The van der Waals surface area contributed by atoms with Gasteiger partial charge in [0.2, 0.25) is 6.54 Å². The molecular formula is C10H18N2O3. The number of rotatable bonds is 4. The molecule has 5 heteroatoms. The first-order valence-corrected chi connectivity index (χ1v) is 5.26. The molecule has 0 fully saturated rings. The van der Waals surface area contributed by atoms with Crippen LogP contribution in [0.1, 0.15) is 40.0 Å². The summed E-state index contributed by atoms with van der Waals surface area (Å²) in [5.74, 6) is 0.667. The summed E-state index contributed by atoms with van der Waals surface area (Å²) in [7, 11) is 0. The lowest BCUT2D eigenvalue weighted by atomic mass is 9.97. The van der Waals surface area contributed by atoms with Crippen molar-refractivity contribution in [2.75, 3.05) is 6.54 Å². The second kappa shape index (κ2) is 4.59. The van der Waals surface area contributed by atoms with Gasteiger partial charge in [-0.25, -0.2) is 4.99 Å². The Morgan fingerprint density at radius 3 is 2.87 bits per heavy atom. The van der Waals surface area contributed by atoms with Gasteiger partial charge in [-0.1, -0.05) is 0 Å². The molecular weight excluding hydrogens is 196 g/mol. The van der Waals surface area contributed by atoms with Gasteiger partial charge in [-0.05, 0) is 20.8 Å². The maximum absolute atomic E-state index is 10.2. The standard InChI is InChI=1S/C10H18N2O3/c1-8-7-10(2,3)11-9(15-8)5-4-6-12(13)14/h8H,4-7H2,1-3H3. The van der Waals surface area contributed by atoms with Crippen molar-refractivity contribution in [1.29, 1.82) is 0 Å². The van der Waals surface area contributed by atoms with E-state index in [1.54, 1.807) is 0 Å². The minimum absolute atomic E-state index is 0.0167. The van der Waals surface area contributed by atoms with Gasteiger partial charge < -0.3 is 4.74 Å². The van der Waals surface area contributed by atoms with Crippen molar-refractivity contribution in [2.45, 2.75) is 51.7 Å². The van der Waals surface area contributed by atoms with E-state index in [4.69, 9.17) is 4.74 Å². The zero-order chi connectivity index (χ0) is 11.5. The maximum atomic E-state index is 10.2. The molecule has 1 unspecified atom stereocenters. The highest BCUT2D eigenvalue weighted by Gasteiger charge is 2.27. The average Bonchev–Trinajstić information content (AvgIpc) is 1.98. The number of aliphatic imine (C=N–C) groups is 1. The summed E-state index contributed by atoms with van der Waals surface area (Å²) < 4.78 is 5.53. The van der Waals surface area contributed by atoms with E-state index in [1.807, 2.05) is 6.92 Å². The minimum Gasteiger partial charge on any atom is -0.478 e. The van der Waals surface area contributed by atoms with Crippen LogP contribution in [-0.2, 0) is 4.74 Å². The largest absolute Gasteiger partial charge is 0.478 e. The molecule has 0 saturated heterocycles. The SMILES string of the molecule is CC1CC(C)(C)N=C(CCC[N+](=O)[O-])O1. The van der Waals surface area contributed by atoms with Crippen LogP contribution in [-0.4, -0.2) is 29.0 Å². The molecule has 0 aromatic carbocycles. The molecule has 0 N–H and O–H groups in total. The fraction of sp³-hybridized carbons (Fsp3) is 0.900. The van der Waals surface area contributed by atoms with Crippen LogP contribution in [0, 0.1) is 10.1 Å². The van der Waals surface area contributed by atoms with Gasteiger partial charge in [-0.15, -0.1) is 0 Å². The number of hydrogen-bond acceptors (Lipinski definition) is 4. The normalized spacial score (nSPS) is 24.2. The van der Waals surface area contributed by atoms with Crippen LogP contribution in [0.4, 0.5) is 0 Å². The molecule has 1 aliphatic heterocycles. The van der Waals surface area contributed by atoms with Crippen molar-refractivity contribution in [3.05, 3.63) is 10.1 Å². The van der Waals surface area contributed by atoms with Gasteiger partial charge in [-0.3, -0.25) is 10.1 Å². The number of nitrogens with zero attached hydrogens (tertiary/aromatic N) is 2. The first kappa shape index (κ1) is 11.9. The molecule has 0 aromatic rings. The molecule has 0 amide bonds. The van der Waals surface area contributed by atoms with Gasteiger partial charge in [0.25, 0.3) is 0 Å². The van der Waals surface area contributed by atoms with Gasteiger partial charge >= 0.3 is 0 Å². The first-order valence-electron chi connectivity index (χ1n) is 5.26. The Hall–Kier alpha value is -1.13. The Morgan fingerprint density at radius 2 is 2.33 bits per heavy atom. The molecule has 0 aliphatic carbocycles. The molecule has 0 saturated carbocycles. The van der Waals surface area contributed by atoms with E-state index < -0.39 is 0 Å². The summed E-state index contributed by atoms with van der Waals surface area (Å²) in [6, 6.07) is 0. The van der Waals surface area contributed by atoms with Crippen molar-refractivity contribution in [2.24, 2.45) is 4.99 Å². The Bertz CT molecular complexity index is 274. The van der Waals surface area contributed by atoms with Gasteiger partial charge in [-0.2, -0.15) is 0 Å². The summed E-state index contributed by atoms with van der Waals surface area (Å²) in [4.78, 5) is 14.3. The topological polar surface area (TPSA) is 64.7 Å². The highest BCUT2D eigenvalue weighted by atomic mass is 16.6. The Balaban J connectivity index is 2.47. The number of nitro groups is 1. The molecule has 0 radical (unpaired) electrons. The molecule has 1 heterocycles. The van der Waals surface area contributed by atoms with E-state index in [0.29, 0.717) is 18.7 Å². The third kappa shape index (κ3) is 4.27. The Morgan fingerprint density at radius 1 is 1.67 bits per heavy atom. The van der Waals surface area contributed by atoms with Gasteiger partial charge in [0, 0.05) is 24.2 Å². The van der Waals surface area contributed by atoms with Crippen LogP contribution >= 0.6 is 0 Å². The van der Waals surface area contributed by atoms with Crippen LogP contribution in [0.2, 0.25) is 0 Å². The Kier molecular flexibility index (Phi) is 3.66. The predicted octanol–water partition coefficient (Wildman–Crippen LogP) is 2.03. The van der Waals surface area contributed by atoms with Crippen LogP contribution in [0.3, 0.4) is 0 Å². The van der Waals surface area contributed by atoms with E-state index in [9.17, 15) is 10.1 Å². The van der Waals surface area contributed by atoms with Crippen molar-refractivity contribution >= 4 is 5.90 Å². The van der Waals surface area contributed by atoms with Crippen molar-refractivity contribution < 1.29 is 9.66 Å². The smallest absolute Gasteiger partial charge is 0.204 e. The van der Waals surface area contributed by atoms with Crippen LogP contribution in [0.15, 0.2) is 4.99 Å². The van der Waals surface area contributed by atoms with Crippen LogP contribution in [0.5, 0.6) is 0 Å². The van der Waals surface area contributed by atoms with E-state index in [1.165, 1.54) is 0 Å². The van der Waals surface area contributed by atoms with E-state index in [0.717, 1.165) is 6.42 Å². The molecule has 0 aromatic heterocycles. The van der Waals surface area contributed by atoms with E-state index >= 15 is 0 Å². The zero-order valence-corrected chi connectivity index (χ0v) is 9.52. The summed E-state index contributed by atoms with van der Waals surface area (Å²) in [6.07, 6.45) is 2.11. The lowest BCUT2D eigenvalue weighted by molar-refractivity contribution is -0.480. The zero-order valence-electron chi connectivity index (χ0n) is 9.52. The summed E-state index contributed by atoms with van der Waals surface area (Å²) >= 11 is 0. The Labute approximate surface area is 89.7 Å². The second-order valence-corrected chi connectivity index (χ2v) is 4.61. The maximum Gasteiger partial charge on any atom is 0.204 e. The van der Waals surface area contributed by atoms with Crippen molar-refractivity contribution in [3.63, 3.8) is 0 Å². The van der Waals surface area contributed by atoms with E-state index in [2.05, 4.69) is 18.8 Å². The number of ether oxygens (including phenoxy) is 1. The summed E-state index contributed by atoms with van der Waals surface area (Å²) in [6.45, 7) is 6.10. The number of hydrogen-bond donors (Lipinski definition) is 0. The molecule has 5 nitrogen and oxygen atoms in total. The summed E-state index contributed by atoms with van der Waals surface area (Å²) in [5.41, 5.74) is -0.0956. The molecule has 1 atom stereocenters. The molecule has 1 rings (SSSR count). The minimum atomic E-state index is -0.308. The third-order valence-electron chi connectivity index (χ3n) is 2.28. The lowest BCUT2D eigenvalue weighted by Gasteiger charge is -2.31. The summed E-state index contributed by atoms with van der Waals surface area (Å²) in [5, 5.41) is 10.2. The highest BCUT2D eigenvalue weighted by Crippen LogP contribution is 2.24. The van der Waals surface area contributed by atoms with Crippen molar-refractivity contribution in [1.82, 2.24) is 0 Å². The predicted molar refractivity (Wildman–Crippen MR) is 57.8 cm³/mol. The first-order chi connectivity index (χ1) is 6.89. The van der Waals surface area contributed by atoms with Crippen molar-refractivity contribution in [3.8, 4) is 0 Å². The lowest BCUT2D eigenvalue weighted by Crippen LogP contribution is -2.34. The quantitative estimate of drug-likeness (QED) is 0.531. The molecule has 15 heavy (non-hydrogen) atoms. The average molecular weight is 214 g/mol. The monoisotopic (exact) mass is 214 g/mol. The molecule has 0 bridgehead atoms. The van der Waals surface area contributed by atoms with E-state index in [-0.39, 0.29) is 23.1 Å². The molecule has 0 spiro atoms. The second-order valence-electron chi connectivity index (χ2n) is 4.61.